The van der Waals surface area contributed by atoms with Crippen molar-refractivity contribution in [1.29, 1.82) is 0 Å². The highest BCUT2D eigenvalue weighted by molar-refractivity contribution is 7.15. The Morgan fingerprint density at radius 1 is 1.16 bits per heavy atom. The summed E-state index contributed by atoms with van der Waals surface area (Å²) in [6.45, 7) is 2.85. The number of hydrogen-bond acceptors (Lipinski definition) is 6. The van der Waals surface area contributed by atoms with Crippen molar-refractivity contribution in [1.82, 2.24) is 15.6 Å². The highest BCUT2D eigenvalue weighted by Crippen LogP contribution is 2.31. The van der Waals surface area contributed by atoms with Gasteiger partial charge in [0.25, 0.3) is 0 Å². The van der Waals surface area contributed by atoms with Gasteiger partial charge in [0.05, 0.1) is 9.88 Å². The van der Waals surface area contributed by atoms with E-state index >= 15 is 0 Å². The average molecular weight is 436 g/mol. The summed E-state index contributed by atoms with van der Waals surface area (Å²) in [5.74, 6) is -0.195. The molecule has 160 valence electrons. The van der Waals surface area contributed by atoms with E-state index in [0.717, 1.165) is 40.4 Å². The SMILES string of the molecule is Cc1nc(C(=O)C(NC(=O)OCc2ccccc2)C2CCCN2)c(-c2ccccc2)s1. The van der Waals surface area contributed by atoms with Crippen molar-refractivity contribution < 1.29 is 14.3 Å². The van der Waals surface area contributed by atoms with Crippen LogP contribution < -0.4 is 10.6 Å². The summed E-state index contributed by atoms with van der Waals surface area (Å²) in [5.41, 5.74) is 2.23. The van der Waals surface area contributed by atoms with Gasteiger partial charge in [0, 0.05) is 6.04 Å². The molecule has 1 aliphatic rings. The van der Waals surface area contributed by atoms with E-state index in [2.05, 4.69) is 15.6 Å². The fourth-order valence-corrected chi connectivity index (χ4v) is 4.69. The number of carbonyl (C=O) groups excluding carboxylic acids is 2. The van der Waals surface area contributed by atoms with E-state index in [1.54, 1.807) is 0 Å². The number of nitrogens with one attached hydrogen (secondary N) is 2. The first-order valence-corrected chi connectivity index (χ1v) is 11.2. The summed E-state index contributed by atoms with van der Waals surface area (Å²) < 4.78 is 5.38. The van der Waals surface area contributed by atoms with Crippen LogP contribution in [0.2, 0.25) is 0 Å². The molecule has 2 heterocycles. The molecule has 1 saturated heterocycles. The van der Waals surface area contributed by atoms with Crippen molar-refractivity contribution in [3.8, 4) is 10.4 Å². The lowest BCUT2D eigenvalue weighted by atomic mass is 9.98. The number of hydrogen-bond donors (Lipinski definition) is 2. The van der Waals surface area contributed by atoms with Gasteiger partial charge in [-0.2, -0.15) is 0 Å². The minimum absolute atomic E-state index is 0.150. The van der Waals surface area contributed by atoms with Crippen molar-refractivity contribution in [2.75, 3.05) is 6.54 Å². The summed E-state index contributed by atoms with van der Waals surface area (Å²) >= 11 is 1.49. The van der Waals surface area contributed by atoms with Gasteiger partial charge in [-0.3, -0.25) is 4.79 Å². The van der Waals surface area contributed by atoms with E-state index in [0.29, 0.717) is 5.69 Å². The number of aryl methyl sites for hydroxylation is 1. The number of aromatic nitrogens is 1. The number of thiazole rings is 1. The molecule has 31 heavy (non-hydrogen) atoms. The second kappa shape index (κ2) is 9.85. The third-order valence-corrected chi connectivity index (χ3v) is 6.29. The van der Waals surface area contributed by atoms with Crippen LogP contribution in [0.25, 0.3) is 10.4 Å². The van der Waals surface area contributed by atoms with E-state index in [-0.39, 0.29) is 18.4 Å². The Morgan fingerprint density at radius 3 is 2.55 bits per heavy atom. The molecule has 0 spiro atoms. The number of nitrogens with zero attached hydrogens (tertiary/aromatic N) is 1. The third kappa shape index (κ3) is 5.18. The molecule has 0 bridgehead atoms. The Labute approximate surface area is 185 Å². The van der Waals surface area contributed by atoms with Crippen LogP contribution in [-0.4, -0.2) is 35.5 Å². The van der Waals surface area contributed by atoms with Crippen molar-refractivity contribution in [3.63, 3.8) is 0 Å². The Bertz CT molecular complexity index is 1030. The molecular formula is C24H25N3O3S. The Kier molecular flexibility index (Phi) is 6.74. The predicted octanol–water partition coefficient (Wildman–Crippen LogP) is 4.35. The lowest BCUT2D eigenvalue weighted by Crippen LogP contribution is -2.52. The van der Waals surface area contributed by atoms with Gasteiger partial charge in [0.1, 0.15) is 18.3 Å². The van der Waals surface area contributed by atoms with Gasteiger partial charge in [-0.15, -0.1) is 11.3 Å². The van der Waals surface area contributed by atoms with E-state index in [4.69, 9.17) is 4.74 Å². The number of ether oxygens (including phenoxy) is 1. The number of benzene rings is 2. The number of amides is 1. The fourth-order valence-electron chi connectivity index (χ4n) is 3.76. The third-order valence-electron chi connectivity index (χ3n) is 5.27. The van der Waals surface area contributed by atoms with Gasteiger partial charge in [0.2, 0.25) is 5.78 Å². The zero-order chi connectivity index (χ0) is 21.6. The van der Waals surface area contributed by atoms with Gasteiger partial charge in [0.15, 0.2) is 0 Å². The molecule has 2 atom stereocenters. The maximum atomic E-state index is 13.6. The van der Waals surface area contributed by atoms with Crippen LogP contribution in [-0.2, 0) is 11.3 Å². The standard InChI is InChI=1S/C24H25N3O3S/c1-16-26-21(23(31-16)18-11-6-3-7-12-18)22(28)20(19-13-8-14-25-19)27-24(29)30-15-17-9-4-2-5-10-17/h2-7,9-12,19-20,25H,8,13-15H2,1H3,(H,27,29). The van der Waals surface area contributed by atoms with Gasteiger partial charge in [-0.05, 0) is 37.4 Å². The zero-order valence-corrected chi connectivity index (χ0v) is 18.2. The molecule has 1 fully saturated rings. The Hall–Kier alpha value is -3.03. The fraction of sp³-hybridized carbons (Fsp3) is 0.292. The van der Waals surface area contributed by atoms with E-state index in [9.17, 15) is 9.59 Å². The maximum Gasteiger partial charge on any atom is 0.408 e. The lowest BCUT2D eigenvalue weighted by molar-refractivity contribution is 0.0890. The van der Waals surface area contributed by atoms with Crippen LogP contribution in [0.15, 0.2) is 60.7 Å². The smallest absolute Gasteiger partial charge is 0.408 e. The van der Waals surface area contributed by atoms with Crippen molar-refractivity contribution >= 4 is 23.2 Å². The van der Waals surface area contributed by atoms with Crippen molar-refractivity contribution in [2.24, 2.45) is 0 Å². The number of ketones is 1. The first kappa shape index (κ1) is 21.2. The summed E-state index contributed by atoms with van der Waals surface area (Å²) in [4.78, 5) is 31.5. The lowest BCUT2D eigenvalue weighted by Gasteiger charge is -2.23. The molecule has 4 rings (SSSR count). The number of alkyl carbamates (subject to hydrolysis) is 1. The molecule has 0 saturated carbocycles. The Morgan fingerprint density at radius 2 is 1.87 bits per heavy atom. The molecular weight excluding hydrogens is 410 g/mol. The molecule has 0 aliphatic carbocycles. The minimum atomic E-state index is -0.741. The molecule has 7 heteroatoms. The largest absolute Gasteiger partial charge is 0.445 e. The van der Waals surface area contributed by atoms with Gasteiger partial charge >= 0.3 is 6.09 Å². The predicted molar refractivity (Wildman–Crippen MR) is 121 cm³/mol. The topological polar surface area (TPSA) is 80.3 Å². The summed E-state index contributed by atoms with van der Waals surface area (Å²) in [6.07, 6.45) is 1.15. The van der Waals surface area contributed by atoms with Crippen LogP contribution in [0.4, 0.5) is 4.79 Å². The second-order valence-corrected chi connectivity index (χ2v) is 8.73. The summed E-state index contributed by atoms with van der Waals surface area (Å²) in [5, 5.41) is 6.96. The Balaban J connectivity index is 1.54. The average Bonchev–Trinajstić information content (AvgIpc) is 3.47. The minimum Gasteiger partial charge on any atom is -0.445 e. The maximum absolute atomic E-state index is 13.6. The molecule has 1 amide bonds. The molecule has 1 aromatic heterocycles. The molecule has 2 N–H and O–H groups in total. The molecule has 3 aromatic rings. The van der Waals surface area contributed by atoms with Crippen LogP contribution in [0.3, 0.4) is 0 Å². The zero-order valence-electron chi connectivity index (χ0n) is 17.3. The van der Waals surface area contributed by atoms with Gasteiger partial charge in [-0.1, -0.05) is 60.7 Å². The quantitative estimate of drug-likeness (QED) is 0.540. The van der Waals surface area contributed by atoms with Crippen LogP contribution >= 0.6 is 11.3 Å². The molecule has 0 radical (unpaired) electrons. The first-order chi connectivity index (χ1) is 15.1. The van der Waals surface area contributed by atoms with Crippen molar-refractivity contribution in [2.45, 2.75) is 38.5 Å². The normalized spacial score (nSPS) is 16.6. The second-order valence-electron chi connectivity index (χ2n) is 7.53. The van der Waals surface area contributed by atoms with Gasteiger partial charge in [-0.25, -0.2) is 9.78 Å². The highest BCUT2D eigenvalue weighted by atomic mass is 32.1. The monoisotopic (exact) mass is 435 g/mol. The molecule has 2 aromatic carbocycles. The number of carbonyl (C=O) groups is 2. The van der Waals surface area contributed by atoms with Crippen LogP contribution in [0, 0.1) is 6.92 Å². The van der Waals surface area contributed by atoms with Crippen LogP contribution in [0.5, 0.6) is 0 Å². The van der Waals surface area contributed by atoms with Crippen LogP contribution in [0.1, 0.15) is 33.9 Å². The summed E-state index contributed by atoms with van der Waals surface area (Å²) in [7, 11) is 0. The van der Waals surface area contributed by atoms with E-state index in [1.165, 1.54) is 11.3 Å². The number of Topliss-reactive ketones (excluding diaryl/α,β-unsaturated/α-hetero) is 1. The first-order valence-electron chi connectivity index (χ1n) is 10.4. The van der Waals surface area contributed by atoms with Gasteiger partial charge < -0.3 is 15.4 Å². The molecule has 1 aliphatic heterocycles. The van der Waals surface area contributed by atoms with E-state index < -0.39 is 12.1 Å². The summed E-state index contributed by atoms with van der Waals surface area (Å²) in [6, 6.07) is 18.3. The molecule has 2 unspecified atom stereocenters. The highest BCUT2D eigenvalue weighted by Gasteiger charge is 2.35. The van der Waals surface area contributed by atoms with Crippen molar-refractivity contribution in [3.05, 3.63) is 76.9 Å². The van der Waals surface area contributed by atoms with E-state index in [1.807, 2.05) is 67.6 Å². The molecule has 6 nitrogen and oxygen atoms in total. The number of rotatable bonds is 7.